The van der Waals surface area contributed by atoms with Crippen LogP contribution in [0.15, 0.2) is 47.4 Å². The van der Waals surface area contributed by atoms with Crippen LogP contribution in [0.25, 0.3) is 10.9 Å². The summed E-state index contributed by atoms with van der Waals surface area (Å²) in [5.41, 5.74) is 1.96. The quantitative estimate of drug-likeness (QED) is 0.587. The third-order valence-electron chi connectivity index (χ3n) is 5.19. The molecule has 6 heteroatoms. The molecule has 3 rings (SSSR count). The number of hydrogen-bond donors (Lipinski definition) is 2. The molecule has 0 fully saturated rings. The molecule has 0 bridgehead atoms. The fourth-order valence-electron chi connectivity index (χ4n) is 3.57. The van der Waals surface area contributed by atoms with Crippen LogP contribution in [0.1, 0.15) is 63.0 Å². The van der Waals surface area contributed by atoms with Crippen LogP contribution in [0.4, 0.5) is 5.69 Å². The van der Waals surface area contributed by atoms with Crippen molar-refractivity contribution in [1.82, 2.24) is 4.98 Å². The van der Waals surface area contributed by atoms with Gasteiger partial charge in [-0.1, -0.05) is 53.7 Å². The van der Waals surface area contributed by atoms with Crippen molar-refractivity contribution in [1.29, 1.82) is 0 Å². The summed E-state index contributed by atoms with van der Waals surface area (Å²) in [5.74, 6) is -0.156. The number of rotatable bonds is 4. The smallest absolute Gasteiger partial charge is 0.298 e. The molecule has 0 aliphatic rings. The molecule has 1 heterocycles. The van der Waals surface area contributed by atoms with E-state index >= 15 is 0 Å². The van der Waals surface area contributed by atoms with Crippen molar-refractivity contribution in [2.75, 3.05) is 5.32 Å². The molecule has 0 aliphatic carbocycles. The van der Waals surface area contributed by atoms with E-state index in [1.165, 1.54) is 6.20 Å². The lowest BCUT2D eigenvalue weighted by Gasteiger charge is -2.29. The molecule has 0 radical (unpaired) electrons. The minimum absolute atomic E-state index is 0.0105. The van der Waals surface area contributed by atoms with Gasteiger partial charge in [-0.3, -0.25) is 14.4 Å². The first-order valence-corrected chi connectivity index (χ1v) is 10.1. The number of carbonyl (C=O) groups is 2. The molecule has 1 aromatic heterocycles. The summed E-state index contributed by atoms with van der Waals surface area (Å²) in [7, 11) is 0. The molecule has 6 nitrogen and oxygen atoms in total. The van der Waals surface area contributed by atoms with Gasteiger partial charge in [-0.15, -0.1) is 0 Å². The summed E-state index contributed by atoms with van der Waals surface area (Å²) < 4.78 is 5.24. The van der Waals surface area contributed by atoms with Gasteiger partial charge in [0.2, 0.25) is 5.43 Å². The average Bonchev–Trinajstić information content (AvgIpc) is 2.67. The molecule has 2 aromatic carbocycles. The summed E-state index contributed by atoms with van der Waals surface area (Å²) >= 11 is 0. The van der Waals surface area contributed by atoms with Crippen LogP contribution in [-0.4, -0.2) is 17.4 Å². The Balaban J connectivity index is 2.13. The molecule has 0 aliphatic heterocycles. The van der Waals surface area contributed by atoms with Crippen LogP contribution >= 0.6 is 0 Å². The van der Waals surface area contributed by atoms with Gasteiger partial charge in [0.1, 0.15) is 11.3 Å². The fourth-order valence-corrected chi connectivity index (χ4v) is 3.57. The van der Waals surface area contributed by atoms with Gasteiger partial charge < -0.3 is 15.0 Å². The van der Waals surface area contributed by atoms with E-state index in [0.717, 1.165) is 11.1 Å². The summed E-state index contributed by atoms with van der Waals surface area (Å²) in [6.07, 6.45) is 1.42. The molecular weight excluding hydrogens is 392 g/mol. The van der Waals surface area contributed by atoms with Crippen molar-refractivity contribution < 1.29 is 14.3 Å². The van der Waals surface area contributed by atoms with Crippen molar-refractivity contribution in [3.05, 3.63) is 69.5 Å². The number of aromatic amines is 1. The number of pyridine rings is 1. The normalized spacial score (nSPS) is 11.9. The van der Waals surface area contributed by atoms with Gasteiger partial charge >= 0.3 is 0 Å². The van der Waals surface area contributed by atoms with Crippen LogP contribution in [0.2, 0.25) is 0 Å². The van der Waals surface area contributed by atoms with Crippen LogP contribution in [0.5, 0.6) is 5.75 Å². The van der Waals surface area contributed by atoms with E-state index < -0.39 is 5.91 Å². The van der Waals surface area contributed by atoms with Crippen molar-refractivity contribution in [2.24, 2.45) is 0 Å². The maximum Gasteiger partial charge on any atom is 0.298 e. The van der Waals surface area contributed by atoms with Gasteiger partial charge in [-0.2, -0.15) is 0 Å². The topological polar surface area (TPSA) is 88.3 Å². The second-order valence-corrected chi connectivity index (χ2v) is 9.64. The van der Waals surface area contributed by atoms with Crippen LogP contribution in [-0.2, 0) is 15.6 Å². The molecule has 0 spiro atoms. The standard InChI is InChI=1S/C25H28N2O4/c1-24(2,3)17-11-18(25(4,5)6)21(31-14-28)12-20(17)27-23(30)16-13-26-19-10-8-7-9-15(19)22(16)29/h7-14H,1-6H3,(H,26,29)(H,27,30). The predicted molar refractivity (Wildman–Crippen MR) is 123 cm³/mol. The Morgan fingerprint density at radius 1 is 1.00 bits per heavy atom. The zero-order valence-electron chi connectivity index (χ0n) is 18.8. The molecule has 0 saturated carbocycles. The average molecular weight is 421 g/mol. The number of carbonyl (C=O) groups excluding carboxylic acids is 2. The highest BCUT2D eigenvalue weighted by Crippen LogP contribution is 2.40. The van der Waals surface area contributed by atoms with E-state index in [0.29, 0.717) is 28.8 Å². The van der Waals surface area contributed by atoms with E-state index in [4.69, 9.17) is 4.74 Å². The largest absolute Gasteiger partial charge is 0.428 e. The highest BCUT2D eigenvalue weighted by Gasteiger charge is 2.27. The third-order valence-corrected chi connectivity index (χ3v) is 5.19. The van der Waals surface area contributed by atoms with E-state index in [2.05, 4.69) is 10.3 Å². The fraction of sp³-hybridized carbons (Fsp3) is 0.320. The molecule has 3 aromatic rings. The minimum atomic E-state index is -0.530. The van der Waals surface area contributed by atoms with Gasteiger partial charge in [-0.05, 0) is 34.6 Å². The Hall–Kier alpha value is -3.41. The number of aromatic nitrogens is 1. The maximum atomic E-state index is 13.1. The SMILES string of the molecule is CC(C)(C)c1cc(C(C)(C)C)c(OC=O)cc1NC(=O)c1c[nH]c2ccccc2c1=O. The Kier molecular flexibility index (Phi) is 5.77. The van der Waals surface area contributed by atoms with Crippen molar-refractivity contribution >= 4 is 29.0 Å². The number of ether oxygens (including phenoxy) is 1. The Bertz CT molecular complexity index is 1210. The van der Waals surface area contributed by atoms with Gasteiger partial charge in [0.05, 0.1) is 0 Å². The predicted octanol–water partition coefficient (Wildman–Crippen LogP) is 4.91. The molecule has 2 N–H and O–H groups in total. The number of hydrogen-bond acceptors (Lipinski definition) is 4. The highest BCUT2D eigenvalue weighted by atomic mass is 16.5. The van der Waals surface area contributed by atoms with Crippen molar-refractivity contribution in [3.63, 3.8) is 0 Å². The zero-order valence-corrected chi connectivity index (χ0v) is 18.8. The van der Waals surface area contributed by atoms with Crippen LogP contribution in [0, 0.1) is 0 Å². The first-order chi connectivity index (χ1) is 14.4. The molecule has 1 amide bonds. The zero-order chi connectivity index (χ0) is 23.0. The minimum Gasteiger partial charge on any atom is -0.428 e. The van der Waals surface area contributed by atoms with Gasteiger partial charge in [0, 0.05) is 34.4 Å². The molecule has 0 saturated heterocycles. The lowest BCUT2D eigenvalue weighted by atomic mass is 9.79. The summed E-state index contributed by atoms with van der Waals surface area (Å²) in [6.45, 7) is 12.6. The van der Waals surface area contributed by atoms with Crippen molar-refractivity contribution in [2.45, 2.75) is 52.4 Å². The second-order valence-electron chi connectivity index (χ2n) is 9.64. The lowest BCUT2D eigenvalue weighted by molar-refractivity contribution is -0.120. The Morgan fingerprint density at radius 3 is 2.26 bits per heavy atom. The lowest BCUT2D eigenvalue weighted by Crippen LogP contribution is -2.25. The van der Waals surface area contributed by atoms with E-state index in [9.17, 15) is 14.4 Å². The molecule has 162 valence electrons. The summed E-state index contributed by atoms with van der Waals surface area (Å²) in [4.78, 5) is 40.0. The highest BCUT2D eigenvalue weighted by molar-refractivity contribution is 6.06. The number of fused-ring (bicyclic) bond motifs is 1. The van der Waals surface area contributed by atoms with E-state index in [-0.39, 0.29) is 21.8 Å². The summed E-state index contributed by atoms with van der Waals surface area (Å²) in [5, 5.41) is 3.31. The number of para-hydroxylation sites is 1. The van der Waals surface area contributed by atoms with Gasteiger partial charge in [0.15, 0.2) is 0 Å². The van der Waals surface area contributed by atoms with Crippen molar-refractivity contribution in [3.8, 4) is 5.75 Å². The first-order valence-electron chi connectivity index (χ1n) is 10.1. The Labute approximate surface area is 181 Å². The number of nitrogens with one attached hydrogen (secondary N) is 2. The first kappa shape index (κ1) is 22.3. The van der Waals surface area contributed by atoms with E-state index in [1.807, 2.05) is 53.7 Å². The number of H-pyrrole nitrogens is 1. The van der Waals surface area contributed by atoms with Gasteiger partial charge in [-0.25, -0.2) is 0 Å². The number of amides is 1. The Morgan fingerprint density at radius 2 is 1.65 bits per heavy atom. The molecular formula is C25H28N2O4. The van der Waals surface area contributed by atoms with Crippen LogP contribution in [0.3, 0.4) is 0 Å². The van der Waals surface area contributed by atoms with Crippen LogP contribution < -0.4 is 15.5 Å². The monoisotopic (exact) mass is 420 g/mol. The third kappa shape index (κ3) is 4.53. The summed E-state index contributed by atoms with van der Waals surface area (Å²) in [6, 6.07) is 10.6. The second kappa shape index (κ2) is 8.02. The molecule has 0 unspecified atom stereocenters. The molecule has 31 heavy (non-hydrogen) atoms. The maximum absolute atomic E-state index is 13.1. The van der Waals surface area contributed by atoms with E-state index in [1.54, 1.807) is 24.3 Å². The number of anilines is 1. The number of benzene rings is 2. The van der Waals surface area contributed by atoms with Gasteiger partial charge in [0.25, 0.3) is 12.4 Å². The molecule has 0 atom stereocenters.